The van der Waals surface area contributed by atoms with Crippen LogP contribution in [-0.4, -0.2) is 9.97 Å². The van der Waals surface area contributed by atoms with Crippen molar-refractivity contribution < 1.29 is 17.6 Å². The Morgan fingerprint density at radius 1 is 1.11 bits per heavy atom. The minimum Gasteiger partial charge on any atom is -0.384 e. The molecule has 0 saturated carbocycles. The van der Waals surface area contributed by atoms with Gasteiger partial charge in [0.1, 0.15) is 11.6 Å². The molecular formula is C11H7F4N3. The Morgan fingerprint density at radius 3 is 2.44 bits per heavy atom. The summed E-state index contributed by atoms with van der Waals surface area (Å²) >= 11 is 0. The average molecular weight is 257 g/mol. The molecule has 0 atom stereocenters. The molecule has 2 rings (SSSR count). The highest BCUT2D eigenvalue weighted by atomic mass is 19.4. The number of alkyl halides is 3. The molecule has 0 unspecified atom stereocenters. The zero-order valence-corrected chi connectivity index (χ0v) is 8.87. The third-order valence-corrected chi connectivity index (χ3v) is 2.21. The lowest BCUT2D eigenvalue weighted by molar-refractivity contribution is -0.139. The first-order valence-electron chi connectivity index (χ1n) is 4.83. The smallest absolute Gasteiger partial charge is 0.384 e. The first kappa shape index (κ1) is 12.3. The van der Waals surface area contributed by atoms with Gasteiger partial charge in [0, 0.05) is 11.8 Å². The van der Waals surface area contributed by atoms with E-state index in [4.69, 9.17) is 5.73 Å². The van der Waals surface area contributed by atoms with E-state index in [1.807, 2.05) is 0 Å². The van der Waals surface area contributed by atoms with Crippen molar-refractivity contribution in [1.29, 1.82) is 0 Å². The van der Waals surface area contributed by atoms with E-state index < -0.39 is 17.6 Å². The number of halogens is 4. The molecule has 2 aromatic rings. The van der Waals surface area contributed by atoms with Gasteiger partial charge in [-0.2, -0.15) is 13.2 Å². The van der Waals surface area contributed by atoms with Gasteiger partial charge < -0.3 is 5.73 Å². The third kappa shape index (κ3) is 2.39. The van der Waals surface area contributed by atoms with Crippen molar-refractivity contribution in [1.82, 2.24) is 9.97 Å². The molecule has 0 spiro atoms. The Labute approximate surface area is 99.3 Å². The van der Waals surface area contributed by atoms with Crippen LogP contribution in [0.4, 0.5) is 23.4 Å². The van der Waals surface area contributed by atoms with Crippen molar-refractivity contribution in [2.24, 2.45) is 0 Å². The van der Waals surface area contributed by atoms with Gasteiger partial charge in [0.05, 0.1) is 5.56 Å². The monoisotopic (exact) mass is 257 g/mol. The zero-order valence-electron chi connectivity index (χ0n) is 8.87. The molecule has 0 aliphatic carbocycles. The molecular weight excluding hydrogens is 250 g/mol. The second-order valence-electron chi connectivity index (χ2n) is 3.50. The molecule has 1 heterocycles. The van der Waals surface area contributed by atoms with E-state index in [-0.39, 0.29) is 17.2 Å². The van der Waals surface area contributed by atoms with Crippen LogP contribution >= 0.6 is 0 Å². The number of rotatable bonds is 1. The number of aromatic nitrogens is 2. The molecule has 3 nitrogen and oxygen atoms in total. The molecule has 0 fully saturated rings. The average Bonchev–Trinajstić information content (AvgIpc) is 2.28. The van der Waals surface area contributed by atoms with Crippen LogP contribution in [0.25, 0.3) is 11.4 Å². The number of hydrogen-bond donors (Lipinski definition) is 1. The number of anilines is 1. The molecule has 0 radical (unpaired) electrons. The van der Waals surface area contributed by atoms with Gasteiger partial charge in [-0.3, -0.25) is 0 Å². The zero-order chi connectivity index (χ0) is 13.3. The van der Waals surface area contributed by atoms with E-state index in [1.54, 1.807) is 0 Å². The summed E-state index contributed by atoms with van der Waals surface area (Å²) in [5.74, 6) is -1.20. The largest absolute Gasteiger partial charge is 0.419 e. The minimum absolute atomic E-state index is 0.0144. The second-order valence-corrected chi connectivity index (χ2v) is 3.50. The van der Waals surface area contributed by atoms with Crippen LogP contribution in [0.1, 0.15) is 5.56 Å². The molecule has 2 N–H and O–H groups in total. The van der Waals surface area contributed by atoms with Gasteiger partial charge in [0.15, 0.2) is 5.82 Å². The maximum Gasteiger partial charge on any atom is 0.419 e. The van der Waals surface area contributed by atoms with Gasteiger partial charge in [-0.1, -0.05) is 0 Å². The number of nitrogens with zero attached hydrogens (tertiary/aromatic N) is 2. The van der Waals surface area contributed by atoms with E-state index in [0.29, 0.717) is 6.07 Å². The summed E-state index contributed by atoms with van der Waals surface area (Å²) in [6.07, 6.45) is -3.45. The molecule has 7 heteroatoms. The lowest BCUT2D eigenvalue weighted by Crippen LogP contribution is -2.08. The van der Waals surface area contributed by atoms with Gasteiger partial charge >= 0.3 is 6.18 Å². The van der Waals surface area contributed by atoms with E-state index >= 15 is 0 Å². The fourth-order valence-electron chi connectivity index (χ4n) is 1.39. The highest BCUT2D eigenvalue weighted by Gasteiger charge is 2.34. The van der Waals surface area contributed by atoms with Crippen molar-refractivity contribution in [2.45, 2.75) is 6.18 Å². The second kappa shape index (κ2) is 4.25. The van der Waals surface area contributed by atoms with Crippen molar-refractivity contribution in [3.8, 4) is 11.4 Å². The maximum absolute atomic E-state index is 13.1. The molecule has 1 aromatic carbocycles. The number of nitrogens with two attached hydrogens (primary N) is 1. The Morgan fingerprint density at radius 2 is 1.83 bits per heavy atom. The van der Waals surface area contributed by atoms with E-state index in [9.17, 15) is 17.6 Å². The number of nitrogen functional groups attached to an aromatic ring is 1. The summed E-state index contributed by atoms with van der Waals surface area (Å²) in [6, 6.07) is 3.95. The number of benzene rings is 1. The summed E-state index contributed by atoms with van der Waals surface area (Å²) in [7, 11) is 0. The summed E-state index contributed by atoms with van der Waals surface area (Å²) in [6.45, 7) is 0. The topological polar surface area (TPSA) is 51.8 Å². The van der Waals surface area contributed by atoms with E-state index in [2.05, 4.69) is 9.97 Å². The molecule has 0 amide bonds. The SMILES string of the molecule is Nc1ccnc(-c2ccc(F)c(C(F)(F)F)c2)n1. The van der Waals surface area contributed by atoms with E-state index in [0.717, 1.165) is 6.07 Å². The fourth-order valence-corrected chi connectivity index (χ4v) is 1.39. The van der Waals surface area contributed by atoms with Crippen molar-refractivity contribution >= 4 is 5.82 Å². The Hall–Kier alpha value is -2.18. The summed E-state index contributed by atoms with van der Waals surface area (Å²) < 4.78 is 50.6. The van der Waals surface area contributed by atoms with Gasteiger partial charge in [0.2, 0.25) is 0 Å². The van der Waals surface area contributed by atoms with Gasteiger partial charge in [-0.05, 0) is 24.3 Å². The third-order valence-electron chi connectivity index (χ3n) is 2.21. The lowest BCUT2D eigenvalue weighted by Gasteiger charge is -2.09. The molecule has 1 aromatic heterocycles. The highest BCUT2D eigenvalue weighted by Crippen LogP contribution is 2.33. The molecule has 0 aliphatic rings. The Bertz CT molecular complexity index is 581. The minimum atomic E-state index is -4.76. The van der Waals surface area contributed by atoms with Crippen molar-refractivity contribution in [3.63, 3.8) is 0 Å². The quantitative estimate of drug-likeness (QED) is 0.799. The van der Waals surface area contributed by atoms with Crippen LogP contribution in [0.2, 0.25) is 0 Å². The first-order valence-corrected chi connectivity index (χ1v) is 4.83. The Kier molecular flexibility index (Phi) is 2.90. The summed E-state index contributed by atoms with van der Waals surface area (Å²) in [4.78, 5) is 7.55. The fraction of sp³-hybridized carbons (Fsp3) is 0.0909. The normalized spacial score (nSPS) is 11.6. The van der Waals surface area contributed by atoms with Crippen LogP contribution in [0, 0.1) is 5.82 Å². The molecule has 94 valence electrons. The van der Waals surface area contributed by atoms with Crippen LogP contribution in [0.3, 0.4) is 0 Å². The molecule has 0 aliphatic heterocycles. The van der Waals surface area contributed by atoms with Crippen LogP contribution in [-0.2, 0) is 6.18 Å². The highest BCUT2D eigenvalue weighted by molar-refractivity contribution is 5.57. The molecule has 18 heavy (non-hydrogen) atoms. The van der Waals surface area contributed by atoms with E-state index in [1.165, 1.54) is 18.3 Å². The lowest BCUT2D eigenvalue weighted by atomic mass is 10.1. The number of hydrogen-bond acceptors (Lipinski definition) is 3. The first-order chi connectivity index (χ1) is 8.38. The van der Waals surface area contributed by atoms with Crippen LogP contribution < -0.4 is 5.73 Å². The Balaban J connectivity index is 2.54. The van der Waals surface area contributed by atoms with Crippen LogP contribution in [0.15, 0.2) is 30.5 Å². The molecule has 0 bridgehead atoms. The van der Waals surface area contributed by atoms with Gasteiger partial charge in [0.25, 0.3) is 0 Å². The summed E-state index contributed by atoms with van der Waals surface area (Å²) in [5.41, 5.74) is 4.10. The maximum atomic E-state index is 13.1. The van der Waals surface area contributed by atoms with Crippen molar-refractivity contribution in [2.75, 3.05) is 5.73 Å². The van der Waals surface area contributed by atoms with Gasteiger partial charge in [-0.15, -0.1) is 0 Å². The summed E-state index contributed by atoms with van der Waals surface area (Å²) in [5, 5.41) is 0. The van der Waals surface area contributed by atoms with Gasteiger partial charge in [-0.25, -0.2) is 14.4 Å². The standard InChI is InChI=1S/C11H7F4N3/c12-8-2-1-6(5-7(8)11(13,14)15)10-17-4-3-9(16)18-10/h1-5H,(H2,16,17,18). The predicted octanol–water partition coefficient (Wildman–Crippen LogP) is 2.88. The van der Waals surface area contributed by atoms with Crippen molar-refractivity contribution in [3.05, 3.63) is 41.8 Å². The molecule has 0 saturated heterocycles. The van der Waals surface area contributed by atoms with Crippen LogP contribution in [0.5, 0.6) is 0 Å². The predicted molar refractivity (Wildman–Crippen MR) is 56.8 cm³/mol.